The van der Waals surface area contributed by atoms with Gasteiger partial charge in [-0.3, -0.25) is 5.43 Å². The molecule has 0 unspecified atom stereocenters. The van der Waals surface area contributed by atoms with Gasteiger partial charge in [-0.05, 0) is 18.9 Å². The van der Waals surface area contributed by atoms with Crippen molar-refractivity contribution >= 4 is 17.5 Å². The number of nitrogens with zero attached hydrogens (tertiary/aromatic N) is 2. The topological polar surface area (TPSA) is 63.8 Å². The summed E-state index contributed by atoms with van der Waals surface area (Å²) < 4.78 is 0. The van der Waals surface area contributed by atoms with Crippen LogP contribution in [0.1, 0.15) is 18.5 Å². The van der Waals surface area contributed by atoms with Gasteiger partial charge in [-0.1, -0.05) is 0 Å². The van der Waals surface area contributed by atoms with Crippen LogP contribution >= 0.6 is 11.6 Å². The molecule has 0 aliphatic heterocycles. The van der Waals surface area contributed by atoms with Crippen LogP contribution in [0.25, 0.3) is 0 Å². The monoisotopic (exact) mass is 184 g/mol. The maximum atomic E-state index is 6.14. The number of anilines is 1. The summed E-state index contributed by atoms with van der Waals surface area (Å²) in [5.41, 5.74) is 3.24. The van der Waals surface area contributed by atoms with Crippen LogP contribution in [0.4, 0.5) is 5.95 Å². The minimum Gasteiger partial charge on any atom is -0.292 e. The largest absolute Gasteiger partial charge is 0.292 e. The molecule has 0 bridgehead atoms. The first-order valence-corrected chi connectivity index (χ1v) is 4.11. The highest BCUT2D eigenvalue weighted by Crippen LogP contribution is 2.51. The Labute approximate surface area is 75.1 Å². The maximum Gasteiger partial charge on any atom is 0.237 e. The standard InChI is InChI=1S/C7H9ClN4/c8-7(2-3-7)5-1-4-10-6(11-5)12-9/h1,4H,2-3,9H2,(H,10,11,12). The number of hydrogen-bond acceptors (Lipinski definition) is 4. The van der Waals surface area contributed by atoms with Gasteiger partial charge in [0.1, 0.15) is 0 Å². The predicted molar refractivity (Wildman–Crippen MR) is 46.6 cm³/mol. The minimum absolute atomic E-state index is 0.242. The third-order valence-corrected chi connectivity index (χ3v) is 2.50. The van der Waals surface area contributed by atoms with Gasteiger partial charge in [0.15, 0.2) is 0 Å². The first-order chi connectivity index (χ1) is 5.74. The lowest BCUT2D eigenvalue weighted by Gasteiger charge is -2.05. The number of alkyl halides is 1. The van der Waals surface area contributed by atoms with Gasteiger partial charge < -0.3 is 0 Å². The van der Waals surface area contributed by atoms with E-state index in [1.54, 1.807) is 6.20 Å². The molecular weight excluding hydrogens is 176 g/mol. The number of nitrogens with one attached hydrogen (secondary N) is 1. The normalized spacial score (nSPS) is 18.8. The van der Waals surface area contributed by atoms with E-state index < -0.39 is 0 Å². The molecule has 1 aliphatic carbocycles. The Hall–Kier alpha value is -0.870. The third-order valence-electron chi connectivity index (χ3n) is 1.93. The Morgan fingerprint density at radius 1 is 1.58 bits per heavy atom. The van der Waals surface area contributed by atoms with Gasteiger partial charge in [0, 0.05) is 6.20 Å². The van der Waals surface area contributed by atoms with Gasteiger partial charge in [-0.15, -0.1) is 11.6 Å². The van der Waals surface area contributed by atoms with Crippen LogP contribution in [-0.2, 0) is 4.87 Å². The summed E-state index contributed by atoms with van der Waals surface area (Å²) in [4.78, 5) is 7.80. The molecule has 0 atom stereocenters. The van der Waals surface area contributed by atoms with Crippen LogP contribution in [0.3, 0.4) is 0 Å². The Morgan fingerprint density at radius 2 is 2.33 bits per heavy atom. The fraction of sp³-hybridized carbons (Fsp3) is 0.429. The van der Waals surface area contributed by atoms with Gasteiger partial charge in [-0.2, -0.15) is 0 Å². The summed E-state index contributed by atoms with van der Waals surface area (Å²) in [6.07, 6.45) is 3.62. The number of halogens is 1. The van der Waals surface area contributed by atoms with Gasteiger partial charge in [0.25, 0.3) is 0 Å². The molecule has 1 heterocycles. The maximum absolute atomic E-state index is 6.14. The SMILES string of the molecule is NNc1nccc(C2(Cl)CC2)n1. The fourth-order valence-electron chi connectivity index (χ4n) is 1.04. The molecule has 0 radical (unpaired) electrons. The number of nitrogen functional groups attached to an aromatic ring is 1. The number of rotatable bonds is 2. The van der Waals surface area contributed by atoms with Gasteiger partial charge in [0.2, 0.25) is 5.95 Å². The zero-order valence-corrected chi connectivity index (χ0v) is 7.17. The predicted octanol–water partition coefficient (Wildman–Crippen LogP) is 0.990. The number of nitrogens with two attached hydrogens (primary N) is 1. The van der Waals surface area contributed by atoms with Gasteiger partial charge >= 0.3 is 0 Å². The van der Waals surface area contributed by atoms with Gasteiger partial charge in [-0.25, -0.2) is 15.8 Å². The van der Waals surface area contributed by atoms with Crippen LogP contribution < -0.4 is 11.3 Å². The van der Waals surface area contributed by atoms with E-state index in [1.807, 2.05) is 6.07 Å². The van der Waals surface area contributed by atoms with Crippen molar-refractivity contribution in [2.24, 2.45) is 5.84 Å². The van der Waals surface area contributed by atoms with E-state index in [0.717, 1.165) is 18.5 Å². The van der Waals surface area contributed by atoms with Crippen molar-refractivity contribution in [2.45, 2.75) is 17.7 Å². The molecule has 5 heteroatoms. The van der Waals surface area contributed by atoms with E-state index in [4.69, 9.17) is 17.4 Å². The van der Waals surface area contributed by atoms with Crippen LogP contribution in [0.15, 0.2) is 12.3 Å². The zero-order valence-electron chi connectivity index (χ0n) is 6.42. The lowest BCUT2D eigenvalue weighted by Crippen LogP contribution is -2.12. The smallest absolute Gasteiger partial charge is 0.237 e. The molecule has 64 valence electrons. The third kappa shape index (κ3) is 1.23. The zero-order chi connectivity index (χ0) is 8.60. The molecule has 0 amide bonds. The summed E-state index contributed by atoms with van der Waals surface area (Å²) in [7, 11) is 0. The van der Waals surface area contributed by atoms with E-state index in [1.165, 1.54) is 0 Å². The first-order valence-electron chi connectivity index (χ1n) is 3.74. The van der Waals surface area contributed by atoms with E-state index in [2.05, 4.69) is 15.4 Å². The molecule has 1 saturated carbocycles. The quantitative estimate of drug-likeness (QED) is 0.409. The van der Waals surface area contributed by atoms with Crippen molar-refractivity contribution in [3.63, 3.8) is 0 Å². The van der Waals surface area contributed by atoms with Gasteiger partial charge in [0.05, 0.1) is 10.6 Å². The van der Waals surface area contributed by atoms with Crippen LogP contribution in [0.5, 0.6) is 0 Å². The summed E-state index contributed by atoms with van der Waals surface area (Å²) in [5.74, 6) is 5.58. The second-order valence-electron chi connectivity index (χ2n) is 2.88. The lowest BCUT2D eigenvalue weighted by molar-refractivity contribution is 0.915. The molecule has 3 N–H and O–H groups in total. The average molecular weight is 185 g/mol. The number of aromatic nitrogens is 2. The van der Waals surface area contributed by atoms with Crippen LogP contribution in [-0.4, -0.2) is 9.97 Å². The molecular formula is C7H9ClN4. The Morgan fingerprint density at radius 3 is 2.92 bits per heavy atom. The number of hydrogen-bond donors (Lipinski definition) is 2. The highest BCUT2D eigenvalue weighted by molar-refractivity contribution is 6.25. The second-order valence-corrected chi connectivity index (χ2v) is 3.60. The van der Waals surface area contributed by atoms with Crippen LogP contribution in [0.2, 0.25) is 0 Å². The molecule has 0 spiro atoms. The van der Waals surface area contributed by atoms with E-state index in [-0.39, 0.29) is 4.87 Å². The second kappa shape index (κ2) is 2.57. The summed E-state index contributed by atoms with van der Waals surface area (Å²) in [6.45, 7) is 0. The van der Waals surface area contributed by atoms with E-state index in [9.17, 15) is 0 Å². The van der Waals surface area contributed by atoms with Crippen molar-refractivity contribution in [3.05, 3.63) is 18.0 Å². The molecule has 0 saturated heterocycles. The molecule has 12 heavy (non-hydrogen) atoms. The Balaban J connectivity index is 2.32. The van der Waals surface area contributed by atoms with Crippen molar-refractivity contribution in [1.29, 1.82) is 0 Å². The first kappa shape index (κ1) is 7.76. The molecule has 1 fully saturated rings. The summed E-state index contributed by atoms with van der Waals surface area (Å²) in [5, 5.41) is 0. The molecule has 1 aromatic heterocycles. The fourth-order valence-corrected chi connectivity index (χ4v) is 1.24. The summed E-state index contributed by atoms with van der Waals surface area (Å²) >= 11 is 6.14. The number of hydrazine groups is 1. The molecule has 2 rings (SSSR count). The van der Waals surface area contributed by atoms with E-state index in [0.29, 0.717) is 5.95 Å². The summed E-state index contributed by atoms with van der Waals surface area (Å²) in [6, 6.07) is 1.82. The molecule has 1 aliphatic rings. The van der Waals surface area contributed by atoms with Crippen LogP contribution in [0, 0.1) is 0 Å². The minimum atomic E-state index is -0.242. The average Bonchev–Trinajstić information content (AvgIpc) is 2.85. The Bertz CT molecular complexity index is 297. The van der Waals surface area contributed by atoms with Crippen molar-refractivity contribution in [1.82, 2.24) is 9.97 Å². The van der Waals surface area contributed by atoms with Crippen molar-refractivity contribution in [2.75, 3.05) is 5.43 Å². The molecule has 4 nitrogen and oxygen atoms in total. The lowest BCUT2D eigenvalue weighted by atomic mass is 10.3. The van der Waals surface area contributed by atoms with Crippen molar-refractivity contribution in [3.8, 4) is 0 Å². The molecule has 1 aromatic rings. The highest BCUT2D eigenvalue weighted by atomic mass is 35.5. The highest BCUT2D eigenvalue weighted by Gasteiger charge is 2.43. The Kier molecular flexibility index (Phi) is 1.66. The molecule has 0 aromatic carbocycles. The van der Waals surface area contributed by atoms with Crippen molar-refractivity contribution < 1.29 is 0 Å². The van der Waals surface area contributed by atoms with E-state index >= 15 is 0 Å².